The Bertz CT molecular complexity index is 402. The minimum absolute atomic E-state index is 0. The molecule has 4 heterocycles. The highest BCUT2D eigenvalue weighted by molar-refractivity contribution is 14.0. The monoisotopic (exact) mass is 453 g/mol. The van der Waals surface area contributed by atoms with E-state index in [1.54, 1.807) is 7.11 Å². The molecule has 8 heteroatoms. The molecule has 7 nitrogen and oxygen atoms in total. The molecular formula is C16H32IN5O2. The second-order valence-electron chi connectivity index (χ2n) is 6.58. The first kappa shape index (κ1) is 20.2. The zero-order chi connectivity index (χ0) is 16.1. The summed E-state index contributed by atoms with van der Waals surface area (Å²) in [6.07, 6.45) is 0.137. The Balaban J connectivity index is 0.00000208. The summed E-state index contributed by atoms with van der Waals surface area (Å²) >= 11 is 0. The summed E-state index contributed by atoms with van der Waals surface area (Å²) in [5, 5.41) is 3.45. The molecule has 0 aliphatic carbocycles. The molecule has 2 bridgehead atoms. The summed E-state index contributed by atoms with van der Waals surface area (Å²) in [6.45, 7) is 13.0. The molecule has 0 amide bonds. The Morgan fingerprint density at radius 2 is 2.00 bits per heavy atom. The van der Waals surface area contributed by atoms with Gasteiger partial charge in [-0.1, -0.05) is 0 Å². The quantitative estimate of drug-likeness (QED) is 0.357. The molecule has 0 aromatic rings. The van der Waals surface area contributed by atoms with Crippen molar-refractivity contribution in [2.24, 2.45) is 4.99 Å². The van der Waals surface area contributed by atoms with Crippen molar-refractivity contribution < 1.29 is 9.47 Å². The fourth-order valence-corrected chi connectivity index (χ4v) is 3.71. The van der Waals surface area contributed by atoms with E-state index in [0.29, 0.717) is 12.6 Å². The van der Waals surface area contributed by atoms with E-state index in [0.717, 1.165) is 45.3 Å². The smallest absolute Gasteiger partial charge is 0.194 e. The van der Waals surface area contributed by atoms with Gasteiger partial charge in [0.2, 0.25) is 0 Å². The lowest BCUT2D eigenvalue weighted by molar-refractivity contribution is -0.0448. The van der Waals surface area contributed by atoms with E-state index in [1.807, 2.05) is 0 Å². The Labute approximate surface area is 162 Å². The van der Waals surface area contributed by atoms with E-state index in [2.05, 4.69) is 26.9 Å². The van der Waals surface area contributed by atoms with E-state index < -0.39 is 0 Å². The molecule has 1 N–H and O–H groups in total. The average molecular weight is 453 g/mol. The number of hydrogen-bond acceptors (Lipinski definition) is 5. The van der Waals surface area contributed by atoms with Crippen LogP contribution in [0.25, 0.3) is 0 Å². The van der Waals surface area contributed by atoms with Crippen LogP contribution in [0.1, 0.15) is 6.92 Å². The topological polar surface area (TPSA) is 52.6 Å². The number of guanidine groups is 1. The molecule has 140 valence electrons. The number of piperazine rings is 3. The van der Waals surface area contributed by atoms with Crippen molar-refractivity contribution in [2.45, 2.75) is 19.1 Å². The predicted molar refractivity (Wildman–Crippen MR) is 106 cm³/mol. The maximum Gasteiger partial charge on any atom is 0.194 e. The van der Waals surface area contributed by atoms with Crippen molar-refractivity contribution >= 4 is 29.9 Å². The molecule has 4 rings (SSSR count). The first-order valence-electron chi connectivity index (χ1n) is 8.90. The van der Waals surface area contributed by atoms with Gasteiger partial charge in [-0.15, -0.1) is 24.0 Å². The van der Waals surface area contributed by atoms with Crippen LogP contribution in [0.4, 0.5) is 0 Å². The van der Waals surface area contributed by atoms with Gasteiger partial charge in [0.1, 0.15) is 0 Å². The number of nitrogens with zero attached hydrogens (tertiary/aromatic N) is 4. The van der Waals surface area contributed by atoms with E-state index in [9.17, 15) is 0 Å². The minimum Gasteiger partial charge on any atom is -0.382 e. The Hall–Kier alpha value is -0.160. The summed E-state index contributed by atoms with van der Waals surface area (Å²) < 4.78 is 11.0. The van der Waals surface area contributed by atoms with E-state index >= 15 is 0 Å². The summed E-state index contributed by atoms with van der Waals surface area (Å²) in [5.74, 6) is 1.02. The average Bonchev–Trinajstić information content (AvgIpc) is 2.60. The van der Waals surface area contributed by atoms with Gasteiger partial charge in [0.25, 0.3) is 0 Å². The van der Waals surface area contributed by atoms with Crippen molar-refractivity contribution in [3.63, 3.8) is 0 Å². The number of morpholine rings is 1. The second kappa shape index (κ2) is 10.1. The van der Waals surface area contributed by atoms with Gasteiger partial charge in [0.05, 0.1) is 25.9 Å². The van der Waals surface area contributed by atoms with E-state index in [4.69, 9.17) is 14.5 Å². The number of methoxy groups -OCH3 is 1. The fraction of sp³-hybridized carbons (Fsp3) is 0.938. The Morgan fingerprint density at radius 3 is 2.62 bits per heavy atom. The van der Waals surface area contributed by atoms with E-state index in [-0.39, 0.29) is 30.1 Å². The predicted octanol–water partition coefficient (Wildman–Crippen LogP) is -0.0831. The molecule has 2 unspecified atom stereocenters. The van der Waals surface area contributed by atoms with Gasteiger partial charge in [-0.2, -0.15) is 0 Å². The van der Waals surface area contributed by atoms with Crippen LogP contribution in [0.5, 0.6) is 0 Å². The van der Waals surface area contributed by atoms with Crippen LogP contribution in [-0.4, -0.2) is 112 Å². The summed E-state index contributed by atoms with van der Waals surface area (Å²) in [5.41, 5.74) is 0. The van der Waals surface area contributed by atoms with Crippen LogP contribution in [0, 0.1) is 0 Å². The molecule has 4 aliphatic rings. The molecule has 4 saturated heterocycles. The second-order valence-corrected chi connectivity index (χ2v) is 6.58. The Kier molecular flexibility index (Phi) is 8.48. The molecule has 0 saturated carbocycles. The van der Waals surface area contributed by atoms with Crippen LogP contribution in [0.2, 0.25) is 0 Å². The normalized spacial score (nSPS) is 33.2. The number of rotatable bonds is 5. The van der Waals surface area contributed by atoms with Gasteiger partial charge < -0.3 is 19.7 Å². The minimum atomic E-state index is 0. The first-order chi connectivity index (χ1) is 11.3. The van der Waals surface area contributed by atoms with Gasteiger partial charge in [-0.25, -0.2) is 0 Å². The zero-order valence-electron chi connectivity index (χ0n) is 14.9. The molecule has 24 heavy (non-hydrogen) atoms. The number of fused-ring (bicyclic) bond motifs is 3. The van der Waals surface area contributed by atoms with Crippen LogP contribution in [0.3, 0.4) is 0 Å². The van der Waals surface area contributed by atoms with Crippen molar-refractivity contribution in [3.8, 4) is 0 Å². The van der Waals surface area contributed by atoms with Crippen LogP contribution < -0.4 is 5.32 Å². The number of aliphatic imine (C=N–C) groups is 1. The third-order valence-corrected chi connectivity index (χ3v) is 4.97. The SMILES string of the molecule is CCNC(=NCC1CN2CCN1CC2)N1CCOC(COC)C1.I. The molecule has 4 fully saturated rings. The summed E-state index contributed by atoms with van der Waals surface area (Å²) in [4.78, 5) is 12.4. The largest absolute Gasteiger partial charge is 0.382 e. The molecule has 2 atom stereocenters. The highest BCUT2D eigenvalue weighted by Crippen LogP contribution is 2.16. The van der Waals surface area contributed by atoms with Crippen LogP contribution >= 0.6 is 24.0 Å². The van der Waals surface area contributed by atoms with Crippen molar-refractivity contribution in [2.75, 3.05) is 79.2 Å². The van der Waals surface area contributed by atoms with Gasteiger partial charge in [-0.05, 0) is 6.92 Å². The molecule has 0 radical (unpaired) electrons. The van der Waals surface area contributed by atoms with Gasteiger partial charge in [0.15, 0.2) is 5.96 Å². The van der Waals surface area contributed by atoms with Crippen molar-refractivity contribution in [3.05, 3.63) is 0 Å². The number of ether oxygens (including phenoxy) is 2. The van der Waals surface area contributed by atoms with Gasteiger partial charge in [0, 0.05) is 65.5 Å². The van der Waals surface area contributed by atoms with Crippen molar-refractivity contribution in [1.29, 1.82) is 0 Å². The molecule has 4 aliphatic heterocycles. The standard InChI is InChI=1S/C16H31N5O2.HI/c1-3-17-16(21-8-9-23-15(12-21)13-22-2)18-10-14-11-19-4-6-20(14)7-5-19;/h14-15H,3-13H2,1-2H3,(H,17,18);1H. The Morgan fingerprint density at radius 1 is 1.21 bits per heavy atom. The summed E-state index contributed by atoms with van der Waals surface area (Å²) in [7, 11) is 1.73. The highest BCUT2D eigenvalue weighted by Gasteiger charge is 2.32. The lowest BCUT2D eigenvalue weighted by Gasteiger charge is -2.47. The van der Waals surface area contributed by atoms with Crippen LogP contribution in [-0.2, 0) is 9.47 Å². The third-order valence-electron chi connectivity index (χ3n) is 4.97. The number of nitrogens with one attached hydrogen (secondary N) is 1. The van der Waals surface area contributed by atoms with Crippen molar-refractivity contribution in [1.82, 2.24) is 20.0 Å². The molecular weight excluding hydrogens is 421 g/mol. The lowest BCUT2D eigenvalue weighted by atomic mass is 10.1. The van der Waals surface area contributed by atoms with Crippen LogP contribution in [0.15, 0.2) is 4.99 Å². The highest BCUT2D eigenvalue weighted by atomic mass is 127. The fourth-order valence-electron chi connectivity index (χ4n) is 3.71. The van der Waals surface area contributed by atoms with Gasteiger partial charge >= 0.3 is 0 Å². The zero-order valence-corrected chi connectivity index (χ0v) is 17.3. The third kappa shape index (κ3) is 5.17. The molecule has 0 aromatic carbocycles. The van der Waals surface area contributed by atoms with E-state index in [1.165, 1.54) is 26.2 Å². The summed E-state index contributed by atoms with van der Waals surface area (Å²) in [6, 6.07) is 0.571. The lowest BCUT2D eigenvalue weighted by Crippen LogP contribution is -2.62. The molecule has 0 spiro atoms. The maximum absolute atomic E-state index is 5.75. The first-order valence-corrected chi connectivity index (χ1v) is 8.90. The van der Waals surface area contributed by atoms with Gasteiger partial charge in [-0.3, -0.25) is 14.8 Å². The number of halogens is 1. The number of hydrogen-bond donors (Lipinski definition) is 1. The molecule has 0 aromatic heterocycles. The maximum atomic E-state index is 5.75.